The van der Waals surface area contributed by atoms with Gasteiger partial charge in [0, 0.05) is 12.1 Å². The Labute approximate surface area is 117 Å². The van der Waals surface area contributed by atoms with Crippen molar-refractivity contribution in [3.8, 4) is 0 Å². The second kappa shape index (κ2) is 6.53. The maximum atomic E-state index is 9.59. The van der Waals surface area contributed by atoms with Crippen LogP contribution in [0, 0.1) is 5.41 Å². The lowest BCUT2D eigenvalue weighted by molar-refractivity contribution is 0.166. The summed E-state index contributed by atoms with van der Waals surface area (Å²) in [7, 11) is 0. The van der Waals surface area contributed by atoms with E-state index in [-0.39, 0.29) is 12.6 Å². The number of rotatable bonds is 5. The standard InChI is InChI=1S/C17H27NO/c1-17(2)10-6-9-15(12-17)18-16(13-19)11-14-7-4-3-5-8-14/h3-5,7-8,15-16,18-19H,6,9-13H2,1-2H3/t15?,16-/m1/s1. The van der Waals surface area contributed by atoms with Crippen molar-refractivity contribution in [2.75, 3.05) is 6.61 Å². The molecule has 0 amide bonds. The molecule has 106 valence electrons. The normalized spacial score (nSPS) is 24.1. The fraction of sp³-hybridized carbons (Fsp3) is 0.647. The highest BCUT2D eigenvalue weighted by molar-refractivity contribution is 5.16. The third-order valence-electron chi connectivity index (χ3n) is 4.22. The van der Waals surface area contributed by atoms with Gasteiger partial charge in [0.05, 0.1) is 6.61 Å². The van der Waals surface area contributed by atoms with Gasteiger partial charge >= 0.3 is 0 Å². The quantitative estimate of drug-likeness (QED) is 0.853. The van der Waals surface area contributed by atoms with Crippen molar-refractivity contribution in [3.63, 3.8) is 0 Å². The smallest absolute Gasteiger partial charge is 0.0587 e. The van der Waals surface area contributed by atoms with E-state index in [1.165, 1.54) is 31.2 Å². The maximum absolute atomic E-state index is 9.59. The SMILES string of the molecule is CC1(C)CCCC(N[C@@H](CO)Cc2ccccc2)C1. The van der Waals surface area contributed by atoms with Crippen LogP contribution in [0.25, 0.3) is 0 Å². The van der Waals surface area contributed by atoms with Crippen LogP contribution in [0.15, 0.2) is 30.3 Å². The minimum Gasteiger partial charge on any atom is -0.395 e. The van der Waals surface area contributed by atoms with Crippen molar-refractivity contribution < 1.29 is 5.11 Å². The maximum Gasteiger partial charge on any atom is 0.0587 e. The molecule has 19 heavy (non-hydrogen) atoms. The van der Waals surface area contributed by atoms with Crippen LogP contribution >= 0.6 is 0 Å². The third-order valence-corrected chi connectivity index (χ3v) is 4.22. The molecule has 1 aliphatic carbocycles. The minimum absolute atomic E-state index is 0.182. The Kier molecular flexibility index (Phi) is 5.00. The van der Waals surface area contributed by atoms with Crippen LogP contribution in [0.2, 0.25) is 0 Å². The van der Waals surface area contributed by atoms with Gasteiger partial charge in [0.25, 0.3) is 0 Å². The molecular weight excluding hydrogens is 234 g/mol. The third kappa shape index (κ3) is 4.63. The summed E-state index contributed by atoms with van der Waals surface area (Å²) in [5.74, 6) is 0. The van der Waals surface area contributed by atoms with Crippen LogP contribution in [0.3, 0.4) is 0 Å². The molecule has 0 aromatic heterocycles. The van der Waals surface area contributed by atoms with Gasteiger partial charge in [-0.15, -0.1) is 0 Å². The summed E-state index contributed by atoms with van der Waals surface area (Å²) in [6, 6.07) is 11.2. The molecule has 2 nitrogen and oxygen atoms in total. The highest BCUT2D eigenvalue weighted by Crippen LogP contribution is 2.35. The number of hydrogen-bond acceptors (Lipinski definition) is 2. The summed E-state index contributed by atoms with van der Waals surface area (Å²) in [5.41, 5.74) is 1.74. The van der Waals surface area contributed by atoms with E-state index in [0.29, 0.717) is 11.5 Å². The molecule has 0 aliphatic heterocycles. The van der Waals surface area contributed by atoms with Crippen LogP contribution in [-0.2, 0) is 6.42 Å². The fourth-order valence-electron chi connectivity index (χ4n) is 3.25. The van der Waals surface area contributed by atoms with Gasteiger partial charge in [0.1, 0.15) is 0 Å². The molecule has 0 bridgehead atoms. The number of nitrogens with one attached hydrogen (secondary N) is 1. The molecule has 1 fully saturated rings. The molecular formula is C17H27NO. The lowest BCUT2D eigenvalue weighted by atomic mass is 9.75. The van der Waals surface area contributed by atoms with Crippen molar-refractivity contribution in [1.82, 2.24) is 5.32 Å². The molecule has 2 heteroatoms. The summed E-state index contributed by atoms with van der Waals surface area (Å²) in [4.78, 5) is 0. The van der Waals surface area contributed by atoms with E-state index in [1.807, 2.05) is 6.07 Å². The zero-order valence-electron chi connectivity index (χ0n) is 12.2. The Morgan fingerprint density at radius 2 is 2.05 bits per heavy atom. The summed E-state index contributed by atoms with van der Waals surface area (Å²) in [6.07, 6.45) is 6.00. The molecule has 0 heterocycles. The molecule has 2 N–H and O–H groups in total. The van der Waals surface area contributed by atoms with Gasteiger partial charge < -0.3 is 10.4 Å². The molecule has 2 atom stereocenters. The first-order valence-electron chi connectivity index (χ1n) is 7.50. The summed E-state index contributed by atoms with van der Waals surface area (Å²) in [5, 5.41) is 13.2. The first-order valence-corrected chi connectivity index (χ1v) is 7.50. The van der Waals surface area contributed by atoms with Crippen LogP contribution in [-0.4, -0.2) is 23.8 Å². The van der Waals surface area contributed by atoms with Crippen LogP contribution in [0.4, 0.5) is 0 Å². The van der Waals surface area contributed by atoms with Gasteiger partial charge in [-0.05, 0) is 36.7 Å². The first-order chi connectivity index (χ1) is 9.09. The van der Waals surface area contributed by atoms with Crippen molar-refractivity contribution >= 4 is 0 Å². The molecule has 1 aromatic rings. The predicted octanol–water partition coefficient (Wildman–Crippen LogP) is 3.15. The lowest BCUT2D eigenvalue weighted by Gasteiger charge is -2.37. The Morgan fingerprint density at radius 3 is 2.68 bits per heavy atom. The van der Waals surface area contributed by atoms with E-state index in [9.17, 15) is 5.11 Å². The molecule has 1 saturated carbocycles. The minimum atomic E-state index is 0.182. The van der Waals surface area contributed by atoms with Crippen molar-refractivity contribution in [2.45, 2.75) is 58.0 Å². The number of aliphatic hydroxyl groups excluding tert-OH is 1. The highest BCUT2D eigenvalue weighted by Gasteiger charge is 2.28. The van der Waals surface area contributed by atoms with E-state index in [2.05, 4.69) is 43.4 Å². The first kappa shape index (κ1) is 14.5. The summed E-state index contributed by atoms with van der Waals surface area (Å²) >= 11 is 0. The Bertz CT molecular complexity index is 374. The monoisotopic (exact) mass is 261 g/mol. The lowest BCUT2D eigenvalue weighted by Crippen LogP contribution is -2.45. The summed E-state index contributed by atoms with van der Waals surface area (Å²) in [6.45, 7) is 4.92. The number of hydrogen-bond donors (Lipinski definition) is 2. The van der Waals surface area contributed by atoms with E-state index in [4.69, 9.17) is 0 Å². The zero-order valence-corrected chi connectivity index (χ0v) is 12.2. The molecule has 0 radical (unpaired) electrons. The van der Waals surface area contributed by atoms with Crippen LogP contribution < -0.4 is 5.32 Å². The molecule has 1 aliphatic rings. The van der Waals surface area contributed by atoms with Gasteiger partial charge in [-0.1, -0.05) is 50.6 Å². The molecule has 1 aromatic carbocycles. The molecule has 2 rings (SSSR count). The van der Waals surface area contributed by atoms with Gasteiger partial charge in [0.2, 0.25) is 0 Å². The van der Waals surface area contributed by atoms with Crippen LogP contribution in [0.5, 0.6) is 0 Å². The Hall–Kier alpha value is -0.860. The van der Waals surface area contributed by atoms with E-state index < -0.39 is 0 Å². The van der Waals surface area contributed by atoms with Gasteiger partial charge in [-0.3, -0.25) is 0 Å². The van der Waals surface area contributed by atoms with Crippen LogP contribution in [0.1, 0.15) is 45.1 Å². The average molecular weight is 261 g/mol. The number of aliphatic hydroxyl groups is 1. The average Bonchev–Trinajstić information content (AvgIpc) is 2.38. The van der Waals surface area contributed by atoms with E-state index in [0.717, 1.165) is 6.42 Å². The van der Waals surface area contributed by atoms with Crippen molar-refractivity contribution in [2.24, 2.45) is 5.41 Å². The van der Waals surface area contributed by atoms with E-state index >= 15 is 0 Å². The topological polar surface area (TPSA) is 32.3 Å². The number of benzene rings is 1. The largest absolute Gasteiger partial charge is 0.395 e. The van der Waals surface area contributed by atoms with Gasteiger partial charge in [0.15, 0.2) is 0 Å². The Morgan fingerprint density at radius 1 is 1.32 bits per heavy atom. The second-order valence-electron chi connectivity index (χ2n) is 6.69. The highest BCUT2D eigenvalue weighted by atomic mass is 16.3. The molecule has 0 spiro atoms. The predicted molar refractivity (Wildman–Crippen MR) is 80.2 cm³/mol. The zero-order chi connectivity index (χ0) is 13.7. The van der Waals surface area contributed by atoms with Crippen molar-refractivity contribution in [3.05, 3.63) is 35.9 Å². The second-order valence-corrected chi connectivity index (χ2v) is 6.69. The fourth-order valence-corrected chi connectivity index (χ4v) is 3.25. The van der Waals surface area contributed by atoms with E-state index in [1.54, 1.807) is 0 Å². The molecule has 0 saturated heterocycles. The Balaban J connectivity index is 1.88. The van der Waals surface area contributed by atoms with Gasteiger partial charge in [-0.25, -0.2) is 0 Å². The molecule has 1 unspecified atom stereocenters. The summed E-state index contributed by atoms with van der Waals surface area (Å²) < 4.78 is 0. The van der Waals surface area contributed by atoms with Crippen molar-refractivity contribution in [1.29, 1.82) is 0 Å². The van der Waals surface area contributed by atoms with Gasteiger partial charge in [-0.2, -0.15) is 0 Å².